The highest BCUT2D eigenvalue weighted by Gasteiger charge is 2.20. The van der Waals surface area contributed by atoms with Crippen LogP contribution in [-0.4, -0.2) is 22.8 Å². The van der Waals surface area contributed by atoms with E-state index in [2.05, 4.69) is 0 Å². The molecule has 1 aromatic carbocycles. The first-order valence-electron chi connectivity index (χ1n) is 6.00. The molecular formula is C15H20O3. The third-order valence-electron chi connectivity index (χ3n) is 2.16. The Hall–Kier alpha value is -1.61. The summed E-state index contributed by atoms with van der Waals surface area (Å²) in [5.74, 6) is -0.619. The molecule has 98 valence electrons. The maximum Gasteiger partial charge on any atom is 0.339 e. The quantitative estimate of drug-likeness (QED) is 0.657. The minimum atomic E-state index is -1.20. The molecule has 0 unspecified atom stereocenters. The first-order valence-corrected chi connectivity index (χ1v) is 6.00. The van der Waals surface area contributed by atoms with Crippen LogP contribution in [0.4, 0.5) is 0 Å². The summed E-state index contributed by atoms with van der Waals surface area (Å²) in [7, 11) is 0. The second-order valence-electron chi connectivity index (χ2n) is 5.10. The Morgan fingerprint density at radius 3 is 2.50 bits per heavy atom. The maximum absolute atomic E-state index is 11.5. The highest BCUT2D eigenvalue weighted by Crippen LogP contribution is 2.09. The summed E-state index contributed by atoms with van der Waals surface area (Å²) < 4.78 is 5.06. The van der Waals surface area contributed by atoms with Crippen molar-refractivity contribution in [3.05, 3.63) is 48.0 Å². The Morgan fingerprint density at radius 2 is 1.94 bits per heavy atom. The number of allylic oxidation sites excluding steroid dienone is 1. The molecule has 0 aliphatic carbocycles. The Balaban J connectivity index is 2.45. The number of ether oxygens (including phenoxy) is 1. The van der Waals surface area contributed by atoms with E-state index in [0.29, 0.717) is 6.42 Å². The minimum Gasteiger partial charge on any atom is -0.458 e. The Morgan fingerprint density at radius 1 is 1.33 bits per heavy atom. The van der Waals surface area contributed by atoms with Crippen molar-refractivity contribution in [3.63, 3.8) is 0 Å². The molecule has 0 spiro atoms. The molecule has 0 radical (unpaired) electrons. The van der Waals surface area contributed by atoms with Crippen LogP contribution in [0.25, 0.3) is 0 Å². The number of benzene rings is 1. The van der Waals surface area contributed by atoms with E-state index in [-0.39, 0.29) is 0 Å². The molecular weight excluding hydrogens is 228 g/mol. The fraction of sp³-hybridized carbons (Fsp3) is 0.400. The molecule has 0 bridgehead atoms. The lowest BCUT2D eigenvalue weighted by Gasteiger charge is -2.20. The summed E-state index contributed by atoms with van der Waals surface area (Å²) in [6.07, 6.45) is 2.71. The normalized spacial score (nSPS) is 13.6. The second kappa shape index (κ2) is 6.36. The van der Waals surface area contributed by atoms with E-state index in [1.54, 1.807) is 26.8 Å². The maximum atomic E-state index is 11.5. The van der Waals surface area contributed by atoms with Crippen molar-refractivity contribution in [1.29, 1.82) is 0 Å². The van der Waals surface area contributed by atoms with Crippen LogP contribution in [0.1, 0.15) is 26.3 Å². The molecule has 1 rings (SSSR count). The van der Waals surface area contributed by atoms with Gasteiger partial charge in [0.25, 0.3) is 0 Å². The highest BCUT2D eigenvalue weighted by atomic mass is 16.6. The van der Waals surface area contributed by atoms with Crippen LogP contribution in [0.15, 0.2) is 42.5 Å². The zero-order valence-electron chi connectivity index (χ0n) is 11.1. The van der Waals surface area contributed by atoms with Gasteiger partial charge in [-0.25, -0.2) is 4.79 Å². The topological polar surface area (TPSA) is 46.5 Å². The zero-order valence-corrected chi connectivity index (χ0v) is 11.1. The standard InChI is InChI=1S/C15H20O3/c1-15(2,3)18-14(17)13(16)11-7-10-12-8-5-4-6-9-12/h4-9,11,13,16H,10H2,1-3H3/b11-7+/t13-/m0/s1. The molecule has 0 aliphatic rings. The lowest BCUT2D eigenvalue weighted by Crippen LogP contribution is -2.30. The van der Waals surface area contributed by atoms with Gasteiger partial charge in [-0.3, -0.25) is 0 Å². The van der Waals surface area contributed by atoms with Crippen molar-refractivity contribution in [1.82, 2.24) is 0 Å². The van der Waals surface area contributed by atoms with Crippen molar-refractivity contribution in [2.24, 2.45) is 0 Å². The van der Waals surface area contributed by atoms with Gasteiger partial charge >= 0.3 is 5.97 Å². The van der Waals surface area contributed by atoms with E-state index in [0.717, 1.165) is 5.56 Å². The number of hydrogen-bond donors (Lipinski definition) is 1. The van der Waals surface area contributed by atoms with Crippen molar-refractivity contribution < 1.29 is 14.6 Å². The third-order valence-corrected chi connectivity index (χ3v) is 2.16. The van der Waals surface area contributed by atoms with Crippen molar-refractivity contribution in [2.75, 3.05) is 0 Å². The lowest BCUT2D eigenvalue weighted by molar-refractivity contribution is -0.162. The number of aliphatic hydroxyl groups excluding tert-OH is 1. The van der Waals surface area contributed by atoms with Gasteiger partial charge in [0.2, 0.25) is 0 Å². The van der Waals surface area contributed by atoms with Gasteiger partial charge in [0.05, 0.1) is 0 Å². The molecule has 1 aromatic rings. The fourth-order valence-electron chi connectivity index (χ4n) is 1.39. The van der Waals surface area contributed by atoms with Crippen molar-refractivity contribution >= 4 is 5.97 Å². The fourth-order valence-corrected chi connectivity index (χ4v) is 1.39. The molecule has 0 saturated heterocycles. The minimum absolute atomic E-state index is 0.578. The predicted molar refractivity (Wildman–Crippen MR) is 71.1 cm³/mol. The summed E-state index contributed by atoms with van der Waals surface area (Å²) in [6, 6.07) is 9.83. The van der Waals surface area contributed by atoms with Crippen LogP contribution >= 0.6 is 0 Å². The molecule has 18 heavy (non-hydrogen) atoms. The monoisotopic (exact) mass is 248 g/mol. The summed E-state index contributed by atoms with van der Waals surface area (Å²) in [4.78, 5) is 11.5. The summed E-state index contributed by atoms with van der Waals surface area (Å²) in [5, 5.41) is 9.60. The third kappa shape index (κ3) is 5.64. The number of hydrogen-bond acceptors (Lipinski definition) is 3. The predicted octanol–water partition coefficient (Wildman–Crippen LogP) is 2.49. The van der Waals surface area contributed by atoms with Crippen LogP contribution in [0.3, 0.4) is 0 Å². The van der Waals surface area contributed by atoms with E-state index in [1.807, 2.05) is 30.3 Å². The smallest absolute Gasteiger partial charge is 0.339 e. The zero-order chi connectivity index (χ0) is 13.6. The van der Waals surface area contributed by atoms with Crippen molar-refractivity contribution in [2.45, 2.75) is 38.9 Å². The molecule has 0 aliphatic heterocycles. The molecule has 0 amide bonds. The average molecular weight is 248 g/mol. The molecule has 0 fully saturated rings. The molecule has 0 aromatic heterocycles. The van der Waals surface area contributed by atoms with Gasteiger partial charge in [-0.15, -0.1) is 0 Å². The van der Waals surface area contributed by atoms with Crippen LogP contribution in [-0.2, 0) is 16.0 Å². The second-order valence-corrected chi connectivity index (χ2v) is 5.10. The van der Waals surface area contributed by atoms with Crippen molar-refractivity contribution in [3.8, 4) is 0 Å². The number of aliphatic hydroxyl groups is 1. The molecule has 3 heteroatoms. The molecule has 0 heterocycles. The summed E-state index contributed by atoms with van der Waals surface area (Å²) in [5.41, 5.74) is 0.552. The molecule has 1 atom stereocenters. The first-order chi connectivity index (χ1) is 8.38. The molecule has 1 N–H and O–H groups in total. The van der Waals surface area contributed by atoms with Crippen LogP contribution in [0.2, 0.25) is 0 Å². The van der Waals surface area contributed by atoms with Gasteiger partial charge in [0.1, 0.15) is 5.60 Å². The molecule has 0 saturated carbocycles. The lowest BCUT2D eigenvalue weighted by atomic mass is 10.1. The Kier molecular flexibility index (Phi) is 5.10. The van der Waals surface area contributed by atoms with E-state index < -0.39 is 17.7 Å². The highest BCUT2D eigenvalue weighted by molar-refractivity contribution is 5.76. The number of rotatable bonds is 4. The number of carbonyl (C=O) groups is 1. The summed E-state index contributed by atoms with van der Waals surface area (Å²) in [6.45, 7) is 5.31. The van der Waals surface area contributed by atoms with Crippen LogP contribution < -0.4 is 0 Å². The van der Waals surface area contributed by atoms with E-state index >= 15 is 0 Å². The van der Waals surface area contributed by atoms with Gasteiger partial charge in [-0.2, -0.15) is 0 Å². The average Bonchev–Trinajstić information content (AvgIpc) is 2.28. The largest absolute Gasteiger partial charge is 0.458 e. The van der Waals surface area contributed by atoms with Crippen LogP contribution in [0.5, 0.6) is 0 Å². The van der Waals surface area contributed by atoms with Crippen LogP contribution in [0, 0.1) is 0 Å². The summed E-state index contributed by atoms with van der Waals surface area (Å²) >= 11 is 0. The first kappa shape index (κ1) is 14.5. The van der Waals surface area contributed by atoms with Gasteiger partial charge in [-0.1, -0.05) is 36.4 Å². The number of carbonyl (C=O) groups excluding carboxylic acids is 1. The van der Waals surface area contributed by atoms with E-state index in [9.17, 15) is 9.90 Å². The SMILES string of the molecule is CC(C)(C)OC(=O)[C@@H](O)/C=C/Cc1ccccc1. The van der Waals surface area contributed by atoms with E-state index in [4.69, 9.17) is 4.74 Å². The Bertz CT molecular complexity index is 401. The number of esters is 1. The Labute approximate surface area is 108 Å². The van der Waals surface area contributed by atoms with E-state index in [1.165, 1.54) is 6.08 Å². The van der Waals surface area contributed by atoms with Gasteiger partial charge in [0, 0.05) is 0 Å². The van der Waals surface area contributed by atoms with Gasteiger partial charge in [0.15, 0.2) is 6.10 Å². The van der Waals surface area contributed by atoms with Gasteiger partial charge < -0.3 is 9.84 Å². The molecule has 3 nitrogen and oxygen atoms in total. The van der Waals surface area contributed by atoms with Gasteiger partial charge in [-0.05, 0) is 38.8 Å².